The summed E-state index contributed by atoms with van der Waals surface area (Å²) < 4.78 is 25.9. The summed E-state index contributed by atoms with van der Waals surface area (Å²) in [6, 6.07) is 0. The van der Waals surface area contributed by atoms with Gasteiger partial charge in [0.25, 0.3) is 0 Å². The van der Waals surface area contributed by atoms with Crippen molar-refractivity contribution in [2.24, 2.45) is 0 Å². The van der Waals surface area contributed by atoms with Gasteiger partial charge >= 0.3 is 0 Å². The van der Waals surface area contributed by atoms with Crippen LogP contribution in [0.15, 0.2) is 0 Å². The van der Waals surface area contributed by atoms with Gasteiger partial charge in [-0.1, -0.05) is 6.92 Å². The van der Waals surface area contributed by atoms with E-state index in [2.05, 4.69) is 12.2 Å². The normalized spacial score (nSPS) is 22.8. The molecule has 0 aromatic rings. The lowest BCUT2D eigenvalue weighted by Crippen LogP contribution is -2.42. The Hall–Kier alpha value is 0.220. The smallest absolute Gasteiger partial charge is 0.214 e. The van der Waals surface area contributed by atoms with E-state index in [1.165, 1.54) is 0 Å². The van der Waals surface area contributed by atoms with Crippen molar-refractivity contribution in [1.82, 2.24) is 9.62 Å². The van der Waals surface area contributed by atoms with Crippen molar-refractivity contribution in [2.75, 3.05) is 38.2 Å². The molecule has 0 aromatic carbocycles. The molecule has 0 bridgehead atoms. The fourth-order valence-electron chi connectivity index (χ4n) is 1.91. The fourth-order valence-corrected chi connectivity index (χ4v) is 4.90. The maximum Gasteiger partial charge on any atom is 0.214 e. The molecule has 1 aliphatic heterocycles. The summed E-state index contributed by atoms with van der Waals surface area (Å²) in [7, 11) is -1.12. The van der Waals surface area contributed by atoms with Crippen molar-refractivity contribution >= 4 is 21.8 Å². The lowest BCUT2D eigenvalue weighted by Gasteiger charge is -2.31. The Morgan fingerprint density at radius 3 is 2.82 bits per heavy atom. The van der Waals surface area contributed by atoms with Crippen LogP contribution in [0.25, 0.3) is 0 Å². The van der Waals surface area contributed by atoms with Gasteiger partial charge in [-0.25, -0.2) is 8.42 Å². The zero-order valence-corrected chi connectivity index (χ0v) is 12.4. The molecule has 1 unspecified atom stereocenters. The Morgan fingerprint density at radius 1 is 1.41 bits per heavy atom. The number of hydrogen-bond acceptors (Lipinski definition) is 4. The van der Waals surface area contributed by atoms with Gasteiger partial charge in [-0.05, 0) is 32.9 Å². The van der Waals surface area contributed by atoms with Crippen molar-refractivity contribution in [1.29, 1.82) is 0 Å². The lowest BCUT2D eigenvalue weighted by atomic mass is 10.3. The number of sulfonamides is 1. The second-order valence-electron chi connectivity index (χ2n) is 4.39. The Kier molecular flexibility index (Phi) is 6.84. The molecule has 1 heterocycles. The van der Waals surface area contributed by atoms with Gasteiger partial charge in [-0.2, -0.15) is 16.1 Å². The van der Waals surface area contributed by atoms with Gasteiger partial charge in [0.15, 0.2) is 0 Å². The first-order valence-corrected chi connectivity index (χ1v) is 9.00. The summed E-state index contributed by atoms with van der Waals surface area (Å²) in [4.78, 5) is 0. The average molecular weight is 280 g/mol. The average Bonchev–Trinajstić information content (AvgIpc) is 2.35. The number of hydrogen-bond donors (Lipinski definition) is 1. The van der Waals surface area contributed by atoms with Crippen LogP contribution in [-0.2, 0) is 10.0 Å². The largest absolute Gasteiger partial charge is 0.320 e. The van der Waals surface area contributed by atoms with E-state index in [0.717, 1.165) is 31.6 Å². The molecule has 1 saturated heterocycles. The van der Waals surface area contributed by atoms with E-state index in [4.69, 9.17) is 0 Å². The van der Waals surface area contributed by atoms with E-state index >= 15 is 0 Å². The first-order valence-electron chi connectivity index (χ1n) is 6.34. The quantitative estimate of drug-likeness (QED) is 0.711. The molecule has 1 fully saturated rings. The minimum absolute atomic E-state index is 0.301. The number of rotatable bonds is 7. The Bertz CT molecular complexity index is 307. The van der Waals surface area contributed by atoms with E-state index in [1.54, 1.807) is 4.31 Å². The molecule has 0 aliphatic carbocycles. The fraction of sp³-hybridized carbons (Fsp3) is 1.00. The summed E-state index contributed by atoms with van der Waals surface area (Å²) in [5.74, 6) is 1.24. The highest BCUT2D eigenvalue weighted by Gasteiger charge is 2.27. The third-order valence-corrected chi connectivity index (χ3v) is 6.32. The molecule has 6 heteroatoms. The minimum Gasteiger partial charge on any atom is -0.320 e. The van der Waals surface area contributed by atoms with Crippen LogP contribution in [-0.4, -0.2) is 56.2 Å². The Morgan fingerprint density at radius 2 is 2.18 bits per heavy atom. The lowest BCUT2D eigenvalue weighted by molar-refractivity contribution is 0.414. The molecule has 0 aromatic heterocycles. The van der Waals surface area contributed by atoms with E-state index in [1.807, 2.05) is 18.8 Å². The number of nitrogens with one attached hydrogen (secondary N) is 1. The minimum atomic E-state index is -3.01. The van der Waals surface area contributed by atoms with Crippen molar-refractivity contribution in [3.8, 4) is 0 Å². The third kappa shape index (κ3) is 5.16. The molecule has 1 atom stereocenters. The molecule has 1 N–H and O–H groups in total. The molecular weight excluding hydrogens is 256 g/mol. The highest BCUT2D eigenvalue weighted by Crippen LogP contribution is 2.23. The van der Waals surface area contributed by atoms with E-state index in [0.29, 0.717) is 24.1 Å². The van der Waals surface area contributed by atoms with Crippen molar-refractivity contribution in [3.05, 3.63) is 0 Å². The van der Waals surface area contributed by atoms with Crippen LogP contribution in [0.1, 0.15) is 26.2 Å². The van der Waals surface area contributed by atoms with Crippen LogP contribution in [0.3, 0.4) is 0 Å². The number of unbranched alkanes of at least 4 members (excludes halogenated alkanes) is 1. The molecule has 0 radical (unpaired) electrons. The van der Waals surface area contributed by atoms with Gasteiger partial charge in [0, 0.05) is 24.1 Å². The first-order chi connectivity index (χ1) is 8.10. The molecule has 102 valence electrons. The van der Waals surface area contributed by atoms with E-state index < -0.39 is 10.0 Å². The number of thioether (sulfide) groups is 1. The maximum absolute atomic E-state index is 12.1. The van der Waals surface area contributed by atoms with Gasteiger partial charge in [-0.15, -0.1) is 0 Å². The van der Waals surface area contributed by atoms with Gasteiger partial charge in [-0.3, -0.25) is 0 Å². The number of nitrogens with zero attached hydrogens (tertiary/aromatic N) is 1. The SMILES string of the molecule is CCC1CN(S(=O)(=O)CCCCNC)CCS1. The standard InChI is InChI=1S/C11H24N2O2S2/c1-3-11-10-13(7-8-16-11)17(14,15)9-5-4-6-12-2/h11-12H,3-10H2,1-2H3. The molecule has 4 nitrogen and oxygen atoms in total. The van der Waals surface area contributed by atoms with Crippen molar-refractivity contribution in [2.45, 2.75) is 31.4 Å². The molecular formula is C11H24N2O2S2. The molecule has 0 saturated carbocycles. The van der Waals surface area contributed by atoms with Crippen LogP contribution in [0.5, 0.6) is 0 Å². The second kappa shape index (κ2) is 7.61. The molecule has 1 aliphatic rings. The Balaban J connectivity index is 2.40. The van der Waals surface area contributed by atoms with Crippen LogP contribution < -0.4 is 5.32 Å². The van der Waals surface area contributed by atoms with E-state index in [-0.39, 0.29) is 0 Å². The zero-order chi connectivity index (χ0) is 12.7. The monoisotopic (exact) mass is 280 g/mol. The van der Waals surface area contributed by atoms with Crippen LogP contribution in [0, 0.1) is 0 Å². The molecule has 1 rings (SSSR count). The van der Waals surface area contributed by atoms with E-state index in [9.17, 15) is 8.42 Å². The van der Waals surface area contributed by atoms with Crippen LogP contribution in [0.2, 0.25) is 0 Å². The van der Waals surface area contributed by atoms with Crippen molar-refractivity contribution in [3.63, 3.8) is 0 Å². The molecule has 0 spiro atoms. The van der Waals surface area contributed by atoms with Crippen molar-refractivity contribution < 1.29 is 8.42 Å². The second-order valence-corrected chi connectivity index (χ2v) is 7.88. The summed E-state index contributed by atoms with van der Waals surface area (Å²) in [5.41, 5.74) is 0. The summed E-state index contributed by atoms with van der Waals surface area (Å²) >= 11 is 1.90. The van der Waals surface area contributed by atoms with Gasteiger partial charge in [0.1, 0.15) is 0 Å². The molecule has 0 amide bonds. The highest BCUT2D eigenvalue weighted by molar-refractivity contribution is 8.00. The predicted octanol–water partition coefficient (Wildman–Crippen LogP) is 1.14. The highest BCUT2D eigenvalue weighted by atomic mass is 32.2. The zero-order valence-electron chi connectivity index (χ0n) is 10.8. The maximum atomic E-state index is 12.1. The Labute approximate surface area is 110 Å². The van der Waals surface area contributed by atoms with Crippen LogP contribution >= 0.6 is 11.8 Å². The van der Waals surface area contributed by atoms with Gasteiger partial charge in [0.05, 0.1) is 5.75 Å². The van der Waals surface area contributed by atoms with Crippen LogP contribution in [0.4, 0.5) is 0 Å². The third-order valence-electron chi connectivity index (χ3n) is 3.03. The van der Waals surface area contributed by atoms with Gasteiger partial charge in [0.2, 0.25) is 10.0 Å². The van der Waals surface area contributed by atoms with Gasteiger partial charge < -0.3 is 5.32 Å². The topological polar surface area (TPSA) is 49.4 Å². The summed E-state index contributed by atoms with van der Waals surface area (Å²) in [6.45, 7) is 4.41. The predicted molar refractivity (Wildman–Crippen MR) is 75.1 cm³/mol. The molecule has 17 heavy (non-hydrogen) atoms. The first kappa shape index (κ1) is 15.3. The summed E-state index contributed by atoms with van der Waals surface area (Å²) in [6.07, 6.45) is 2.73. The summed E-state index contributed by atoms with van der Waals surface area (Å²) in [5, 5.41) is 3.52.